The minimum atomic E-state index is 0.509. The second kappa shape index (κ2) is 8.02. The molecule has 0 spiro atoms. The normalized spacial score (nSPS) is 17.3. The molecule has 2 heterocycles. The van der Waals surface area contributed by atoms with Crippen LogP contribution in [0.3, 0.4) is 0 Å². The fourth-order valence-corrected chi connectivity index (χ4v) is 3.09. The van der Waals surface area contributed by atoms with Crippen LogP contribution >= 0.6 is 0 Å². The summed E-state index contributed by atoms with van der Waals surface area (Å²) in [5, 5.41) is 0. The lowest BCUT2D eigenvalue weighted by molar-refractivity contribution is 0.241. The van der Waals surface area contributed by atoms with Gasteiger partial charge in [-0.2, -0.15) is 0 Å². The molecule has 0 saturated carbocycles. The molecule has 5 nitrogen and oxygen atoms in total. The van der Waals surface area contributed by atoms with E-state index < -0.39 is 0 Å². The zero-order valence-corrected chi connectivity index (χ0v) is 14.4. The summed E-state index contributed by atoms with van der Waals surface area (Å²) in [5.41, 5.74) is 1.17. The number of benzene rings is 1. The largest absolute Gasteiger partial charge is 0.493 e. The Kier molecular flexibility index (Phi) is 5.54. The lowest BCUT2D eigenvalue weighted by Crippen LogP contribution is -2.29. The van der Waals surface area contributed by atoms with Crippen molar-refractivity contribution in [2.75, 3.05) is 20.3 Å². The summed E-state index contributed by atoms with van der Waals surface area (Å²) in [7, 11) is 1.69. The van der Waals surface area contributed by atoms with Crippen molar-refractivity contribution >= 4 is 0 Å². The van der Waals surface area contributed by atoms with Crippen LogP contribution in [0.1, 0.15) is 18.9 Å². The van der Waals surface area contributed by atoms with Gasteiger partial charge in [0.25, 0.3) is 0 Å². The minimum absolute atomic E-state index is 0.509. The summed E-state index contributed by atoms with van der Waals surface area (Å²) < 4.78 is 13.6. The van der Waals surface area contributed by atoms with Crippen LogP contribution in [-0.4, -0.2) is 40.8 Å². The van der Waals surface area contributed by atoms with Crippen molar-refractivity contribution in [3.05, 3.63) is 54.6 Å². The molecule has 0 fully saturated rings. The maximum Gasteiger partial charge on any atom is 0.165 e. The number of rotatable bonds is 8. The van der Waals surface area contributed by atoms with Crippen molar-refractivity contribution in [1.29, 1.82) is 0 Å². The third-order valence-electron chi connectivity index (χ3n) is 4.39. The van der Waals surface area contributed by atoms with Crippen LogP contribution in [0.2, 0.25) is 0 Å². The molecular formula is C19H25N3O2. The number of imidazole rings is 1. The Morgan fingerprint density at radius 1 is 1.33 bits per heavy atom. The number of hydrogen-bond acceptors (Lipinski definition) is 4. The van der Waals surface area contributed by atoms with Gasteiger partial charge in [0.05, 0.1) is 20.0 Å². The highest BCUT2D eigenvalue weighted by atomic mass is 16.5. The Hall–Kier alpha value is -2.27. The standard InChI is InChI=1S/C19H25N3O2/c1-3-17-7-5-10-22(17)14-16-6-4-8-18(23-2)19(16)24-13-12-21-11-9-20-15-21/h4-9,11,15,17H,3,10,12-14H2,1-2H3. The number of methoxy groups -OCH3 is 1. The van der Waals surface area contributed by atoms with E-state index in [1.165, 1.54) is 5.56 Å². The monoisotopic (exact) mass is 327 g/mol. The predicted octanol–water partition coefficient (Wildman–Crippen LogP) is 3.12. The van der Waals surface area contributed by atoms with Gasteiger partial charge in [0, 0.05) is 37.1 Å². The average Bonchev–Trinajstić information content (AvgIpc) is 3.27. The van der Waals surface area contributed by atoms with Gasteiger partial charge in [0.2, 0.25) is 0 Å². The molecule has 0 radical (unpaired) electrons. The molecule has 0 N–H and O–H groups in total. The number of hydrogen-bond donors (Lipinski definition) is 0. The highest BCUT2D eigenvalue weighted by Gasteiger charge is 2.20. The summed E-state index contributed by atoms with van der Waals surface area (Å²) >= 11 is 0. The molecule has 1 aliphatic rings. The Bertz CT molecular complexity index is 667. The zero-order chi connectivity index (χ0) is 16.8. The quantitative estimate of drug-likeness (QED) is 0.699. The van der Waals surface area contributed by atoms with Gasteiger partial charge in [-0.15, -0.1) is 0 Å². The van der Waals surface area contributed by atoms with Crippen LogP contribution in [-0.2, 0) is 13.1 Å². The number of ether oxygens (including phenoxy) is 2. The molecule has 0 saturated heterocycles. The van der Waals surface area contributed by atoms with Gasteiger partial charge < -0.3 is 14.0 Å². The summed E-state index contributed by atoms with van der Waals surface area (Å²) in [4.78, 5) is 6.51. The van der Waals surface area contributed by atoms with Gasteiger partial charge in [-0.1, -0.05) is 31.2 Å². The van der Waals surface area contributed by atoms with Crippen molar-refractivity contribution in [2.24, 2.45) is 0 Å². The van der Waals surface area contributed by atoms with E-state index in [0.717, 1.165) is 37.6 Å². The van der Waals surface area contributed by atoms with Crippen LogP contribution in [0.15, 0.2) is 49.1 Å². The second-order valence-electron chi connectivity index (χ2n) is 5.93. The van der Waals surface area contributed by atoms with Gasteiger partial charge >= 0.3 is 0 Å². The first-order chi connectivity index (χ1) is 11.8. The SMILES string of the molecule is CCC1C=CCN1Cc1cccc(OC)c1OCCn1ccnc1. The molecule has 1 aromatic carbocycles. The van der Waals surface area contributed by atoms with Gasteiger partial charge in [-0.05, 0) is 12.5 Å². The maximum absolute atomic E-state index is 6.09. The summed E-state index contributed by atoms with van der Waals surface area (Å²) in [6, 6.07) is 6.62. The second-order valence-corrected chi connectivity index (χ2v) is 5.93. The van der Waals surface area contributed by atoms with Crippen LogP contribution in [0.25, 0.3) is 0 Å². The summed E-state index contributed by atoms with van der Waals surface area (Å²) in [6.45, 7) is 5.42. The number of nitrogens with zero attached hydrogens (tertiary/aromatic N) is 3. The van der Waals surface area contributed by atoms with E-state index in [1.807, 2.05) is 22.9 Å². The Morgan fingerprint density at radius 2 is 2.25 bits per heavy atom. The Labute approximate surface area is 143 Å². The van der Waals surface area contributed by atoms with Crippen molar-refractivity contribution in [3.8, 4) is 11.5 Å². The van der Waals surface area contributed by atoms with Crippen molar-refractivity contribution in [1.82, 2.24) is 14.5 Å². The first kappa shape index (κ1) is 16.6. The fraction of sp³-hybridized carbons (Fsp3) is 0.421. The highest BCUT2D eigenvalue weighted by Crippen LogP contribution is 2.33. The van der Waals surface area contributed by atoms with E-state index in [0.29, 0.717) is 12.6 Å². The molecule has 2 aromatic rings. The third-order valence-corrected chi connectivity index (χ3v) is 4.39. The molecule has 0 amide bonds. The Morgan fingerprint density at radius 3 is 3.00 bits per heavy atom. The predicted molar refractivity (Wildman–Crippen MR) is 94.3 cm³/mol. The van der Waals surface area contributed by atoms with Crippen LogP contribution in [0.5, 0.6) is 11.5 Å². The highest BCUT2D eigenvalue weighted by molar-refractivity contribution is 5.46. The molecule has 24 heavy (non-hydrogen) atoms. The molecule has 1 atom stereocenters. The lowest BCUT2D eigenvalue weighted by atomic mass is 10.1. The first-order valence-electron chi connectivity index (χ1n) is 8.47. The van der Waals surface area contributed by atoms with Gasteiger partial charge in [0.15, 0.2) is 11.5 Å². The molecule has 3 rings (SSSR count). The molecule has 0 aliphatic carbocycles. The molecule has 1 aromatic heterocycles. The zero-order valence-electron chi connectivity index (χ0n) is 14.4. The smallest absolute Gasteiger partial charge is 0.165 e. The maximum atomic E-state index is 6.09. The Balaban J connectivity index is 1.71. The van der Waals surface area contributed by atoms with Gasteiger partial charge in [-0.25, -0.2) is 4.98 Å². The molecular weight excluding hydrogens is 302 g/mol. The van der Waals surface area contributed by atoms with Gasteiger partial charge in [-0.3, -0.25) is 4.90 Å². The summed E-state index contributed by atoms with van der Waals surface area (Å²) in [5.74, 6) is 1.64. The topological polar surface area (TPSA) is 39.5 Å². The number of aromatic nitrogens is 2. The minimum Gasteiger partial charge on any atom is -0.493 e. The van der Waals surface area contributed by atoms with E-state index in [4.69, 9.17) is 9.47 Å². The van der Waals surface area contributed by atoms with E-state index in [2.05, 4.69) is 35.0 Å². The average molecular weight is 327 g/mol. The number of para-hydroxylation sites is 1. The van der Waals surface area contributed by atoms with Crippen LogP contribution < -0.4 is 9.47 Å². The van der Waals surface area contributed by atoms with E-state index in [-0.39, 0.29) is 0 Å². The van der Waals surface area contributed by atoms with Crippen molar-refractivity contribution in [2.45, 2.75) is 32.5 Å². The molecule has 1 unspecified atom stereocenters. The first-order valence-corrected chi connectivity index (χ1v) is 8.47. The molecule has 128 valence electrons. The molecule has 0 bridgehead atoms. The van der Waals surface area contributed by atoms with E-state index >= 15 is 0 Å². The van der Waals surface area contributed by atoms with Crippen LogP contribution in [0.4, 0.5) is 0 Å². The lowest BCUT2D eigenvalue weighted by Gasteiger charge is -2.25. The van der Waals surface area contributed by atoms with Crippen molar-refractivity contribution in [3.63, 3.8) is 0 Å². The van der Waals surface area contributed by atoms with E-state index in [9.17, 15) is 0 Å². The molecule has 5 heteroatoms. The molecule has 1 aliphatic heterocycles. The summed E-state index contributed by atoms with van der Waals surface area (Å²) in [6.07, 6.45) is 11.2. The fourth-order valence-electron chi connectivity index (χ4n) is 3.09. The van der Waals surface area contributed by atoms with Crippen LogP contribution in [0, 0.1) is 0 Å². The third kappa shape index (κ3) is 3.79. The van der Waals surface area contributed by atoms with Crippen molar-refractivity contribution < 1.29 is 9.47 Å². The van der Waals surface area contributed by atoms with Gasteiger partial charge in [0.1, 0.15) is 6.61 Å². The van der Waals surface area contributed by atoms with E-state index in [1.54, 1.807) is 19.6 Å².